The number of carbonyl (C=O) groups is 3. The molecule has 518 valence electrons. The third kappa shape index (κ3) is 14.8. The van der Waals surface area contributed by atoms with Gasteiger partial charge in [0.05, 0.1) is 101 Å². The molecule has 0 bridgehead atoms. The first kappa shape index (κ1) is 68.6. The van der Waals surface area contributed by atoms with Crippen LogP contribution in [0.1, 0.15) is 72.2 Å². The van der Waals surface area contributed by atoms with Crippen molar-refractivity contribution in [3.63, 3.8) is 0 Å². The van der Waals surface area contributed by atoms with Crippen LogP contribution >= 0.6 is 0 Å². The molecule has 2 aromatic carbocycles. The fraction of sp³-hybridized carbons (Fsp3) is 0.364. The van der Waals surface area contributed by atoms with Crippen LogP contribution in [0.25, 0.3) is 56.5 Å². The third-order valence-electron chi connectivity index (χ3n) is 18.2. The number of hydrogen-bond acceptors (Lipinski definition) is 22. The molecule has 10 aromatic rings. The molecule has 0 spiro atoms. The van der Waals surface area contributed by atoms with Gasteiger partial charge in [-0.2, -0.15) is 0 Å². The Morgan fingerprint density at radius 2 is 1.36 bits per heavy atom. The number of carbonyl (C=O) groups excluding carboxylic acids is 3. The number of fused-ring (bicyclic) bond motifs is 2. The maximum atomic E-state index is 15.3. The smallest absolute Gasteiger partial charge is 0.263 e. The number of likely N-dealkylation sites (tertiary alicyclic amines) is 1. The number of nitrogen functional groups attached to an aromatic ring is 3. The van der Waals surface area contributed by atoms with Crippen LogP contribution in [0.5, 0.6) is 0 Å². The highest BCUT2D eigenvalue weighted by atomic mass is 32.2. The Morgan fingerprint density at radius 1 is 0.727 bits per heavy atom. The Balaban J connectivity index is 0.000000143. The summed E-state index contributed by atoms with van der Waals surface area (Å²) in [6, 6.07) is 16.0. The molecule has 99 heavy (non-hydrogen) atoms. The molecule has 33 heteroatoms. The van der Waals surface area contributed by atoms with E-state index in [0.717, 1.165) is 78.3 Å². The maximum absolute atomic E-state index is 15.3. The van der Waals surface area contributed by atoms with E-state index in [4.69, 9.17) is 21.7 Å². The maximum Gasteiger partial charge on any atom is 0.263 e. The number of nitrogens with one attached hydrogen (secondary N) is 4. The van der Waals surface area contributed by atoms with E-state index in [0.29, 0.717) is 72.6 Å². The van der Waals surface area contributed by atoms with Gasteiger partial charge in [0.25, 0.3) is 11.8 Å². The monoisotopic (exact) mass is 1380 g/mol. The standard InChI is InChI=1S/C26H37F2N9O2.C24H25N5O3S.C16H12F2N8O/c27-17-12-31-24-21(23(29)33-37(24)15-17)25(38)32-20-14-30-13-19(28)22(20)35-6-4-16(5-7-35)26(39)36-10-8-34(9-11-36)18-2-1-3-18;1-15(2)33(30,31)19-10-8-18(9-11-19)21-14-27-24(25)23(28-21)22-12-20(29-32-22)17-6-4-16(5-7-17)13-26-3;1-25-7-21-5-11(25)12-9(18)3-20-4-10(12)23-16(27)13-14(19)24-26-6-8(17)2-22-15(13)26/h12,15-16,18-20,22,30H,1-11,13-14H2,(H2,29,33)(H,32,38);4-12,14-15,26H,13H2,1-3H3,(H2,25,27);2-7H,1H3,(H2,19,24)(H,23,27). The summed E-state index contributed by atoms with van der Waals surface area (Å²) in [5, 5.41) is 23.2. The number of amides is 3. The predicted molar refractivity (Wildman–Crippen MR) is 360 cm³/mol. The van der Waals surface area contributed by atoms with Crippen molar-refractivity contribution in [2.75, 3.05) is 81.9 Å². The van der Waals surface area contributed by atoms with E-state index in [2.05, 4.69) is 76.3 Å². The van der Waals surface area contributed by atoms with Gasteiger partial charge in [0, 0.05) is 82.0 Å². The largest absolute Gasteiger partial charge is 0.382 e. The first-order valence-electron chi connectivity index (χ1n) is 32.2. The molecule has 4 aliphatic rings. The first-order valence-corrected chi connectivity index (χ1v) is 33.8. The molecule has 1 saturated carbocycles. The lowest BCUT2D eigenvalue weighted by molar-refractivity contribution is -0.140. The second-order valence-electron chi connectivity index (χ2n) is 24.9. The zero-order valence-corrected chi connectivity index (χ0v) is 55.4. The normalized spacial score (nSPS) is 17.9. The van der Waals surface area contributed by atoms with Gasteiger partial charge in [-0.1, -0.05) is 48.0 Å². The quantitative estimate of drug-likeness (QED) is 0.0591. The van der Waals surface area contributed by atoms with E-state index in [-0.39, 0.29) is 74.4 Å². The molecule has 8 aromatic heterocycles. The minimum absolute atomic E-state index is 0.0384. The molecule has 4 fully saturated rings. The summed E-state index contributed by atoms with van der Waals surface area (Å²) >= 11 is 0. The van der Waals surface area contributed by atoms with Gasteiger partial charge in [0.15, 0.2) is 67.5 Å². The van der Waals surface area contributed by atoms with Crippen molar-refractivity contribution in [3.8, 4) is 45.2 Å². The van der Waals surface area contributed by atoms with Crippen molar-refractivity contribution in [2.45, 2.75) is 86.9 Å². The molecule has 3 unspecified atom stereocenters. The van der Waals surface area contributed by atoms with Crippen molar-refractivity contribution in [2.24, 2.45) is 13.0 Å². The summed E-state index contributed by atoms with van der Waals surface area (Å²) in [6.07, 6.45) is 15.0. The first-order chi connectivity index (χ1) is 47.6. The van der Waals surface area contributed by atoms with E-state index < -0.39 is 62.6 Å². The highest BCUT2D eigenvalue weighted by Gasteiger charge is 2.42. The van der Waals surface area contributed by atoms with Gasteiger partial charge >= 0.3 is 0 Å². The van der Waals surface area contributed by atoms with Crippen molar-refractivity contribution < 1.29 is 44.9 Å². The lowest BCUT2D eigenvalue weighted by atomic mass is 9.89. The van der Waals surface area contributed by atoms with E-state index in [1.54, 1.807) is 62.0 Å². The van der Waals surface area contributed by atoms with Gasteiger partial charge in [0.1, 0.15) is 23.0 Å². The number of piperazine rings is 1. The number of rotatable bonds is 15. The molecular weight excluding hydrogens is 1300 g/mol. The molecule has 10 N–H and O–H groups in total. The number of pyridine rings is 1. The Morgan fingerprint density at radius 3 is 1.97 bits per heavy atom. The molecule has 0 radical (unpaired) electrons. The van der Waals surface area contributed by atoms with E-state index in [9.17, 15) is 36.0 Å². The van der Waals surface area contributed by atoms with Crippen LogP contribution in [0.15, 0.2) is 120 Å². The van der Waals surface area contributed by atoms with Gasteiger partial charge < -0.3 is 52.5 Å². The highest BCUT2D eigenvalue weighted by molar-refractivity contribution is 7.92. The summed E-state index contributed by atoms with van der Waals surface area (Å²) in [5.74, 6) is -2.51. The van der Waals surface area contributed by atoms with Crippen molar-refractivity contribution >= 4 is 62.0 Å². The van der Waals surface area contributed by atoms with E-state index in [1.807, 2.05) is 36.2 Å². The number of hydrogen-bond donors (Lipinski definition) is 7. The fourth-order valence-electron chi connectivity index (χ4n) is 12.7. The van der Waals surface area contributed by atoms with Crippen LogP contribution in [-0.2, 0) is 28.2 Å². The SMILES string of the molecule is CNCc1ccc(-c2cc(-c3nc(-c4ccc(S(=O)(=O)C(C)C)cc4)cnc3N)on2)cc1.Cn1cncc1-c1c(F)cncc1NC(=O)c1c(N)nn2cc(F)cnc12.Nc1nn2cc(F)cnc2c1C(=O)NC1CNCC(F)C1N1CCC(C(=O)N2CCN(C3CCC3)CC2)CC1. The Hall–Kier alpha value is -10.3. The number of anilines is 4. The fourth-order valence-corrected chi connectivity index (χ4v) is 13.7. The second-order valence-corrected chi connectivity index (χ2v) is 27.4. The van der Waals surface area contributed by atoms with Crippen molar-refractivity contribution in [1.82, 2.24) is 89.5 Å². The second kappa shape index (κ2) is 29.4. The summed E-state index contributed by atoms with van der Waals surface area (Å²) < 4.78 is 90.6. The predicted octanol–water partition coefficient (Wildman–Crippen LogP) is 5.85. The number of alkyl halides is 1. The average Bonchev–Trinajstić information content (AvgIpc) is 1.65. The van der Waals surface area contributed by atoms with Crippen molar-refractivity contribution in [1.29, 1.82) is 0 Å². The Labute approximate surface area is 565 Å². The summed E-state index contributed by atoms with van der Waals surface area (Å²) in [6.45, 7) is 9.36. The minimum atomic E-state index is -3.35. The Kier molecular flexibility index (Phi) is 20.4. The average molecular weight is 1380 g/mol. The van der Waals surface area contributed by atoms with Crippen LogP contribution in [0.2, 0.25) is 0 Å². The van der Waals surface area contributed by atoms with Gasteiger partial charge in [0.2, 0.25) is 5.91 Å². The lowest BCUT2D eigenvalue weighted by Crippen LogP contribution is -2.66. The third-order valence-corrected chi connectivity index (χ3v) is 20.4. The highest BCUT2D eigenvalue weighted by Crippen LogP contribution is 2.34. The number of nitrogens with two attached hydrogens (primary N) is 3. The Bertz CT molecular complexity index is 4680. The number of benzene rings is 2. The molecule has 14 rings (SSSR count). The summed E-state index contributed by atoms with van der Waals surface area (Å²) in [5.41, 5.74) is 23.0. The number of aromatic nitrogens is 12. The number of nitrogens with zero attached hydrogens (tertiary/aromatic N) is 15. The van der Waals surface area contributed by atoms with Gasteiger partial charge in [-0.05, 0) is 77.4 Å². The van der Waals surface area contributed by atoms with Crippen LogP contribution in [0.3, 0.4) is 0 Å². The molecule has 3 saturated heterocycles. The lowest BCUT2D eigenvalue weighted by Gasteiger charge is -2.46. The zero-order chi connectivity index (χ0) is 69.8. The van der Waals surface area contributed by atoms with Crippen LogP contribution in [0.4, 0.5) is 40.7 Å². The molecule has 3 atom stereocenters. The summed E-state index contributed by atoms with van der Waals surface area (Å²) in [7, 11) is 0.246. The van der Waals surface area contributed by atoms with Gasteiger partial charge in [-0.25, -0.2) is 59.9 Å². The summed E-state index contributed by atoms with van der Waals surface area (Å²) in [4.78, 5) is 70.5. The van der Waals surface area contributed by atoms with Crippen LogP contribution in [0, 0.1) is 23.4 Å². The molecule has 1 aliphatic carbocycles. The molecule has 3 aliphatic heterocycles. The van der Waals surface area contributed by atoms with E-state index in [1.165, 1.54) is 43.5 Å². The topological polar surface area (TPSA) is 364 Å². The minimum Gasteiger partial charge on any atom is -0.382 e. The number of halogens is 4. The molecule has 11 heterocycles. The number of imidazole rings is 1. The van der Waals surface area contributed by atoms with Gasteiger partial charge in [-0.15, -0.1) is 10.2 Å². The van der Waals surface area contributed by atoms with Crippen LogP contribution in [-0.4, -0.2) is 189 Å². The zero-order valence-electron chi connectivity index (χ0n) is 54.6. The number of sulfone groups is 1. The van der Waals surface area contributed by atoms with Crippen molar-refractivity contribution in [3.05, 3.63) is 145 Å². The van der Waals surface area contributed by atoms with Crippen LogP contribution < -0.4 is 38.5 Å². The molecule has 3 amide bonds. The van der Waals surface area contributed by atoms with Gasteiger partial charge in [-0.3, -0.25) is 29.2 Å². The number of aryl methyl sites for hydroxylation is 1. The van der Waals surface area contributed by atoms with E-state index >= 15 is 4.39 Å². The number of piperidine rings is 2. The molecule has 28 nitrogen and oxygen atoms in total. The molecular formula is C66H74F4N22O6S.